The zero-order valence-electron chi connectivity index (χ0n) is 19.0. The van der Waals surface area contributed by atoms with Crippen LogP contribution in [0.4, 0.5) is 0 Å². The summed E-state index contributed by atoms with van der Waals surface area (Å²) < 4.78 is 0. The highest BCUT2D eigenvalue weighted by molar-refractivity contribution is 6.16. The second-order valence-electron chi connectivity index (χ2n) is 10.1. The first-order chi connectivity index (χ1) is 13.2. The van der Waals surface area contributed by atoms with Gasteiger partial charge in [-0.1, -0.05) is 89.1 Å². The summed E-state index contributed by atoms with van der Waals surface area (Å²) in [4.78, 5) is 12.1. The third kappa shape index (κ3) is 5.72. The average molecular weight is 395 g/mol. The van der Waals surface area contributed by atoms with Gasteiger partial charge in [-0.25, -0.2) is 4.79 Å². The molecule has 2 aromatic rings. The van der Waals surface area contributed by atoms with Crippen LogP contribution in [-0.4, -0.2) is 16.2 Å². The van der Waals surface area contributed by atoms with Crippen LogP contribution in [0.25, 0.3) is 5.57 Å². The van der Waals surface area contributed by atoms with Gasteiger partial charge in [-0.3, -0.25) is 0 Å². The number of hydrogen-bond donors (Lipinski definition) is 2. The lowest BCUT2D eigenvalue weighted by Crippen LogP contribution is -2.13. The Kier molecular flexibility index (Phi) is 6.32. The van der Waals surface area contributed by atoms with Crippen LogP contribution in [0.1, 0.15) is 74.9 Å². The van der Waals surface area contributed by atoms with E-state index in [-0.39, 0.29) is 10.8 Å². The summed E-state index contributed by atoms with van der Waals surface area (Å²) in [7, 11) is 0. The van der Waals surface area contributed by atoms with Crippen molar-refractivity contribution in [3.05, 3.63) is 69.8 Å². The van der Waals surface area contributed by atoms with Crippen molar-refractivity contribution < 1.29 is 15.0 Å². The van der Waals surface area contributed by atoms with Crippen LogP contribution in [0.5, 0.6) is 5.75 Å². The van der Waals surface area contributed by atoms with Crippen LogP contribution in [0.2, 0.25) is 0 Å². The maximum Gasteiger partial charge on any atom is 0.335 e. The lowest BCUT2D eigenvalue weighted by Gasteiger charge is -2.23. The molecule has 0 aliphatic carbocycles. The molecule has 3 nitrogen and oxygen atoms in total. The van der Waals surface area contributed by atoms with Gasteiger partial charge in [0.1, 0.15) is 5.75 Å². The Hall–Kier alpha value is -2.55. The predicted molar refractivity (Wildman–Crippen MR) is 121 cm³/mol. The standard InChI is InChI=1S/C26H34O3/c1-16-9-10-20(21(24(28)29)15-25(3,4)5)18(11-16)14-19-12-17(2)13-22(23(19)27)26(6,7)8/h9-13,15,27H,14H2,1-8H3,(H,28,29). The zero-order chi connectivity index (χ0) is 22.1. The second-order valence-corrected chi connectivity index (χ2v) is 10.1. The van der Waals surface area contributed by atoms with E-state index in [2.05, 4.69) is 20.8 Å². The normalized spacial score (nSPS) is 12.9. The summed E-state index contributed by atoms with van der Waals surface area (Å²) in [5.74, 6) is -0.638. The van der Waals surface area contributed by atoms with Crippen LogP contribution in [0.3, 0.4) is 0 Å². The van der Waals surface area contributed by atoms with Gasteiger partial charge >= 0.3 is 5.97 Å². The lowest BCUT2D eigenvalue weighted by molar-refractivity contribution is -0.130. The molecule has 0 spiro atoms. The van der Waals surface area contributed by atoms with Crippen molar-refractivity contribution in [3.63, 3.8) is 0 Å². The van der Waals surface area contributed by atoms with Crippen molar-refractivity contribution in [2.75, 3.05) is 0 Å². The first kappa shape index (κ1) is 22.7. The van der Waals surface area contributed by atoms with Gasteiger partial charge in [0, 0.05) is 6.42 Å². The summed E-state index contributed by atoms with van der Waals surface area (Å²) in [6.07, 6.45) is 2.28. The third-order valence-corrected chi connectivity index (χ3v) is 4.88. The maximum atomic E-state index is 12.1. The van der Waals surface area contributed by atoms with Gasteiger partial charge in [0.15, 0.2) is 0 Å². The molecule has 2 N–H and O–H groups in total. The monoisotopic (exact) mass is 394 g/mol. The number of aryl methyl sites for hydroxylation is 2. The molecule has 0 aliphatic heterocycles. The molecule has 0 bridgehead atoms. The number of rotatable bonds is 4. The molecule has 0 unspecified atom stereocenters. The Morgan fingerprint density at radius 2 is 1.52 bits per heavy atom. The number of hydrogen-bond acceptors (Lipinski definition) is 2. The third-order valence-electron chi connectivity index (χ3n) is 4.88. The van der Waals surface area contributed by atoms with E-state index in [0.29, 0.717) is 23.3 Å². The molecule has 29 heavy (non-hydrogen) atoms. The van der Waals surface area contributed by atoms with E-state index in [9.17, 15) is 15.0 Å². The number of benzene rings is 2. The first-order valence-electron chi connectivity index (χ1n) is 10.1. The Morgan fingerprint density at radius 3 is 2.03 bits per heavy atom. The highest BCUT2D eigenvalue weighted by Crippen LogP contribution is 2.36. The molecule has 0 heterocycles. The van der Waals surface area contributed by atoms with Gasteiger partial charge < -0.3 is 10.2 Å². The van der Waals surface area contributed by atoms with Crippen molar-refractivity contribution in [1.82, 2.24) is 0 Å². The minimum absolute atomic E-state index is 0.182. The molecule has 2 rings (SSSR count). The van der Waals surface area contributed by atoms with Crippen molar-refractivity contribution in [1.29, 1.82) is 0 Å². The molecule has 0 aromatic heterocycles. The van der Waals surface area contributed by atoms with E-state index in [1.54, 1.807) is 6.08 Å². The Balaban J connectivity index is 2.67. The van der Waals surface area contributed by atoms with Gasteiger partial charge in [0.2, 0.25) is 0 Å². The summed E-state index contributed by atoms with van der Waals surface area (Å²) in [5.41, 5.74) is 5.34. The smallest absolute Gasteiger partial charge is 0.335 e. The molecule has 0 saturated carbocycles. The predicted octanol–water partition coefficient (Wildman–Crippen LogP) is 6.41. The highest BCUT2D eigenvalue weighted by Gasteiger charge is 2.23. The second kappa shape index (κ2) is 8.06. The first-order valence-corrected chi connectivity index (χ1v) is 10.1. The van der Waals surface area contributed by atoms with Crippen LogP contribution in [-0.2, 0) is 16.6 Å². The zero-order valence-corrected chi connectivity index (χ0v) is 19.0. The average Bonchev–Trinajstić information content (AvgIpc) is 2.54. The fourth-order valence-corrected chi connectivity index (χ4v) is 3.58. The number of aromatic hydroxyl groups is 1. The topological polar surface area (TPSA) is 57.5 Å². The van der Waals surface area contributed by atoms with Crippen LogP contribution >= 0.6 is 0 Å². The van der Waals surface area contributed by atoms with Crippen molar-refractivity contribution >= 4 is 11.5 Å². The molecule has 0 amide bonds. The molecule has 0 saturated heterocycles. The number of phenols is 1. The largest absolute Gasteiger partial charge is 0.507 e. The molecule has 0 atom stereocenters. The van der Waals surface area contributed by atoms with Gasteiger partial charge in [-0.15, -0.1) is 0 Å². The SMILES string of the molecule is Cc1ccc(C(=CC(C)(C)C)C(=O)O)c(Cc2cc(C)cc(C(C)(C)C)c2O)c1. The van der Waals surface area contributed by atoms with E-state index < -0.39 is 5.97 Å². The molecular formula is C26H34O3. The van der Waals surface area contributed by atoms with Crippen LogP contribution in [0, 0.1) is 19.3 Å². The molecule has 0 fully saturated rings. The number of allylic oxidation sites excluding steroid dienone is 1. The molecule has 2 aromatic carbocycles. The van der Waals surface area contributed by atoms with E-state index >= 15 is 0 Å². The molecule has 0 radical (unpaired) electrons. The van der Waals surface area contributed by atoms with Gasteiger partial charge in [-0.05, 0) is 46.9 Å². The fraction of sp³-hybridized carbons (Fsp3) is 0.423. The van der Waals surface area contributed by atoms with Crippen LogP contribution in [0.15, 0.2) is 36.4 Å². The summed E-state index contributed by atoms with van der Waals surface area (Å²) in [6.45, 7) is 16.2. The minimum Gasteiger partial charge on any atom is -0.507 e. The van der Waals surface area contributed by atoms with Crippen molar-refractivity contribution in [3.8, 4) is 5.75 Å². The summed E-state index contributed by atoms with van der Waals surface area (Å²) in [6, 6.07) is 9.86. The lowest BCUT2D eigenvalue weighted by atomic mass is 9.82. The Bertz CT molecular complexity index is 951. The molecule has 156 valence electrons. The number of aliphatic carboxylic acids is 1. The highest BCUT2D eigenvalue weighted by atomic mass is 16.4. The van der Waals surface area contributed by atoms with Gasteiger partial charge in [0.05, 0.1) is 5.57 Å². The van der Waals surface area contributed by atoms with E-state index in [4.69, 9.17) is 0 Å². The molecule has 3 heteroatoms. The van der Waals surface area contributed by atoms with Crippen molar-refractivity contribution in [2.45, 2.75) is 67.2 Å². The van der Waals surface area contributed by atoms with E-state index in [1.165, 1.54) is 0 Å². The maximum absolute atomic E-state index is 12.1. The quantitative estimate of drug-likeness (QED) is 0.589. The Morgan fingerprint density at radius 1 is 0.931 bits per heavy atom. The van der Waals surface area contributed by atoms with Gasteiger partial charge in [0.25, 0.3) is 0 Å². The number of phenolic OH excluding ortho intramolecular Hbond substituents is 1. The van der Waals surface area contributed by atoms with Gasteiger partial charge in [-0.2, -0.15) is 0 Å². The Labute approximate surface area is 175 Å². The molecule has 0 aliphatic rings. The summed E-state index contributed by atoms with van der Waals surface area (Å²) in [5, 5.41) is 20.9. The molecular weight excluding hydrogens is 360 g/mol. The number of carboxylic acid groups (broad SMARTS) is 1. The fourth-order valence-electron chi connectivity index (χ4n) is 3.58. The van der Waals surface area contributed by atoms with E-state index in [1.807, 2.05) is 65.0 Å². The van der Waals surface area contributed by atoms with E-state index in [0.717, 1.165) is 27.8 Å². The number of carbonyl (C=O) groups is 1. The number of carboxylic acids is 1. The summed E-state index contributed by atoms with van der Waals surface area (Å²) >= 11 is 0. The minimum atomic E-state index is -0.936. The van der Waals surface area contributed by atoms with Crippen molar-refractivity contribution in [2.24, 2.45) is 5.41 Å². The van der Waals surface area contributed by atoms with Crippen LogP contribution < -0.4 is 0 Å².